The Kier molecular flexibility index (Phi) is 5.12. The van der Waals surface area contributed by atoms with Gasteiger partial charge in [-0.3, -0.25) is 4.79 Å². The van der Waals surface area contributed by atoms with E-state index in [2.05, 4.69) is 0 Å². The lowest BCUT2D eigenvalue weighted by molar-refractivity contribution is -0.144. The zero-order valence-corrected chi connectivity index (χ0v) is 11.3. The molecule has 0 heterocycles. The number of carboxylic acids is 1. The van der Waals surface area contributed by atoms with Gasteiger partial charge < -0.3 is 14.9 Å². The molecule has 0 amide bonds. The molecule has 0 aliphatic heterocycles. The standard InChI is InChI=1S/C11H20O6S/c1-17-6-7-18(15,16)8-11(14)4-2-9(3-5-11)10(12)13/h9,14H,2-8H2,1H3,(H,12,13). The van der Waals surface area contributed by atoms with E-state index >= 15 is 0 Å². The lowest BCUT2D eigenvalue weighted by atomic mass is 9.80. The van der Waals surface area contributed by atoms with Gasteiger partial charge >= 0.3 is 5.97 Å². The molecular weight excluding hydrogens is 260 g/mol. The summed E-state index contributed by atoms with van der Waals surface area (Å²) in [5.41, 5.74) is -1.28. The van der Waals surface area contributed by atoms with Gasteiger partial charge in [-0.15, -0.1) is 0 Å². The van der Waals surface area contributed by atoms with E-state index in [0.29, 0.717) is 12.8 Å². The lowest BCUT2D eigenvalue weighted by Gasteiger charge is -2.34. The first-order valence-electron chi connectivity index (χ1n) is 5.92. The molecule has 0 unspecified atom stereocenters. The van der Waals surface area contributed by atoms with Gasteiger partial charge in [0.15, 0.2) is 9.84 Å². The van der Waals surface area contributed by atoms with E-state index in [1.807, 2.05) is 0 Å². The molecule has 0 saturated heterocycles. The van der Waals surface area contributed by atoms with Crippen molar-refractivity contribution in [2.45, 2.75) is 31.3 Å². The van der Waals surface area contributed by atoms with E-state index < -0.39 is 27.3 Å². The number of hydrogen-bond donors (Lipinski definition) is 2. The number of ether oxygens (including phenoxy) is 1. The van der Waals surface area contributed by atoms with Gasteiger partial charge in [0, 0.05) is 7.11 Å². The van der Waals surface area contributed by atoms with Crippen LogP contribution in [0.2, 0.25) is 0 Å². The van der Waals surface area contributed by atoms with Crippen molar-refractivity contribution in [3.8, 4) is 0 Å². The highest BCUT2D eigenvalue weighted by molar-refractivity contribution is 7.91. The Morgan fingerprint density at radius 2 is 1.94 bits per heavy atom. The van der Waals surface area contributed by atoms with Crippen molar-refractivity contribution in [3.05, 3.63) is 0 Å². The van der Waals surface area contributed by atoms with E-state index in [4.69, 9.17) is 9.84 Å². The Morgan fingerprint density at radius 1 is 1.39 bits per heavy atom. The maximum absolute atomic E-state index is 11.7. The summed E-state index contributed by atoms with van der Waals surface area (Å²) in [4.78, 5) is 10.8. The van der Waals surface area contributed by atoms with Crippen LogP contribution in [0.15, 0.2) is 0 Å². The minimum absolute atomic E-state index is 0.107. The number of hydrogen-bond acceptors (Lipinski definition) is 5. The van der Waals surface area contributed by atoms with Crippen molar-refractivity contribution < 1.29 is 28.2 Å². The monoisotopic (exact) mass is 280 g/mol. The number of aliphatic carboxylic acids is 1. The molecule has 0 bridgehead atoms. The fourth-order valence-corrected chi connectivity index (χ4v) is 3.91. The molecule has 1 saturated carbocycles. The van der Waals surface area contributed by atoms with Gasteiger partial charge in [0.25, 0.3) is 0 Å². The Bertz CT molecular complexity index is 380. The Morgan fingerprint density at radius 3 is 2.39 bits per heavy atom. The predicted molar refractivity (Wildman–Crippen MR) is 65.1 cm³/mol. The van der Waals surface area contributed by atoms with Crippen LogP contribution in [0.5, 0.6) is 0 Å². The lowest BCUT2D eigenvalue weighted by Crippen LogP contribution is -2.42. The van der Waals surface area contributed by atoms with Crippen molar-refractivity contribution in [1.29, 1.82) is 0 Å². The average Bonchev–Trinajstić information content (AvgIpc) is 2.25. The van der Waals surface area contributed by atoms with Gasteiger partial charge in [-0.25, -0.2) is 8.42 Å². The van der Waals surface area contributed by atoms with Gasteiger partial charge in [0.05, 0.1) is 29.6 Å². The smallest absolute Gasteiger partial charge is 0.306 e. The van der Waals surface area contributed by atoms with Gasteiger partial charge in [-0.2, -0.15) is 0 Å². The van der Waals surface area contributed by atoms with Crippen molar-refractivity contribution in [1.82, 2.24) is 0 Å². The van der Waals surface area contributed by atoms with Gasteiger partial charge in [-0.05, 0) is 25.7 Å². The highest BCUT2D eigenvalue weighted by Crippen LogP contribution is 2.33. The minimum Gasteiger partial charge on any atom is -0.481 e. The second kappa shape index (κ2) is 5.99. The number of aliphatic hydroxyl groups is 1. The van der Waals surface area contributed by atoms with Crippen LogP contribution in [0.1, 0.15) is 25.7 Å². The normalized spacial score (nSPS) is 29.1. The van der Waals surface area contributed by atoms with Gasteiger partial charge in [0.2, 0.25) is 0 Å². The Balaban J connectivity index is 2.55. The molecule has 18 heavy (non-hydrogen) atoms. The molecular formula is C11H20O6S. The predicted octanol–water partition coefficient (Wildman–Crippen LogP) is 0.0535. The van der Waals surface area contributed by atoms with Crippen LogP contribution in [-0.4, -0.2) is 55.4 Å². The third-order valence-electron chi connectivity index (χ3n) is 3.35. The molecule has 6 nitrogen and oxygen atoms in total. The second-order valence-corrected chi connectivity index (χ2v) is 7.11. The third-order valence-corrected chi connectivity index (χ3v) is 5.12. The summed E-state index contributed by atoms with van der Waals surface area (Å²) in [5, 5.41) is 19.0. The maximum Gasteiger partial charge on any atom is 0.306 e. The zero-order valence-electron chi connectivity index (χ0n) is 10.5. The highest BCUT2D eigenvalue weighted by Gasteiger charge is 2.38. The van der Waals surface area contributed by atoms with Gasteiger partial charge in [-0.1, -0.05) is 0 Å². The van der Waals surface area contributed by atoms with Crippen molar-refractivity contribution in [2.24, 2.45) is 5.92 Å². The molecule has 2 N–H and O–H groups in total. The minimum atomic E-state index is -3.36. The van der Waals surface area contributed by atoms with Crippen LogP contribution in [0.4, 0.5) is 0 Å². The second-order valence-electron chi connectivity index (χ2n) is 4.92. The third kappa shape index (κ3) is 4.55. The molecule has 106 valence electrons. The summed E-state index contributed by atoms with van der Waals surface area (Å²) in [6.07, 6.45) is 1.09. The number of rotatable bonds is 6. The summed E-state index contributed by atoms with van der Waals surface area (Å²) in [7, 11) is -1.94. The number of sulfone groups is 1. The molecule has 0 aromatic rings. The molecule has 0 radical (unpaired) electrons. The number of carbonyl (C=O) groups is 1. The molecule has 0 aromatic carbocycles. The molecule has 7 heteroatoms. The van der Waals surface area contributed by atoms with Crippen LogP contribution in [0, 0.1) is 5.92 Å². The highest BCUT2D eigenvalue weighted by atomic mass is 32.2. The van der Waals surface area contributed by atoms with E-state index in [1.54, 1.807) is 0 Å². The molecule has 1 aliphatic carbocycles. The SMILES string of the molecule is COCCS(=O)(=O)CC1(O)CCC(C(=O)O)CC1. The average molecular weight is 280 g/mol. The van der Waals surface area contributed by atoms with Gasteiger partial charge in [0.1, 0.15) is 0 Å². The van der Waals surface area contributed by atoms with Crippen LogP contribution in [-0.2, 0) is 19.4 Å². The summed E-state index contributed by atoms with van der Waals surface area (Å²) in [5.74, 6) is -1.77. The van der Waals surface area contributed by atoms with E-state index in [-0.39, 0.29) is 31.0 Å². The molecule has 1 fully saturated rings. The molecule has 0 aromatic heterocycles. The van der Waals surface area contributed by atoms with E-state index in [0.717, 1.165) is 0 Å². The van der Waals surface area contributed by atoms with Crippen molar-refractivity contribution in [2.75, 3.05) is 25.2 Å². The Hall–Kier alpha value is -0.660. The maximum atomic E-state index is 11.7. The van der Waals surface area contributed by atoms with E-state index in [1.165, 1.54) is 7.11 Å². The zero-order chi connectivity index (χ0) is 13.8. The Labute approximate surface area is 107 Å². The number of carboxylic acid groups (broad SMARTS) is 1. The molecule has 1 aliphatic rings. The van der Waals surface area contributed by atoms with E-state index in [9.17, 15) is 18.3 Å². The first kappa shape index (κ1) is 15.4. The fraction of sp³-hybridized carbons (Fsp3) is 0.909. The summed E-state index contributed by atoms with van der Waals surface area (Å²) in [6, 6.07) is 0. The van der Waals surface area contributed by atoms with Crippen LogP contribution < -0.4 is 0 Å². The topological polar surface area (TPSA) is 101 Å². The van der Waals surface area contributed by atoms with Crippen molar-refractivity contribution in [3.63, 3.8) is 0 Å². The first-order chi connectivity index (χ1) is 8.28. The molecule has 1 rings (SSSR count). The van der Waals surface area contributed by atoms with Crippen LogP contribution >= 0.6 is 0 Å². The molecule has 0 spiro atoms. The largest absolute Gasteiger partial charge is 0.481 e. The summed E-state index contributed by atoms with van der Waals surface area (Å²) in [6.45, 7) is 0.107. The molecule has 0 atom stereocenters. The number of methoxy groups -OCH3 is 1. The van der Waals surface area contributed by atoms with Crippen LogP contribution in [0.25, 0.3) is 0 Å². The summed E-state index contributed by atoms with van der Waals surface area (Å²) < 4.78 is 28.2. The quantitative estimate of drug-likeness (QED) is 0.713. The summed E-state index contributed by atoms with van der Waals surface area (Å²) >= 11 is 0. The van der Waals surface area contributed by atoms with Crippen molar-refractivity contribution >= 4 is 15.8 Å². The van der Waals surface area contributed by atoms with Crippen LogP contribution in [0.3, 0.4) is 0 Å². The fourth-order valence-electron chi connectivity index (χ4n) is 2.24. The first-order valence-corrected chi connectivity index (χ1v) is 7.75.